The number of aromatic nitrogens is 2. The molecule has 1 amide bonds. The summed E-state index contributed by atoms with van der Waals surface area (Å²) in [5, 5.41) is 18.8. The maximum atomic E-state index is 11.7. The fourth-order valence-corrected chi connectivity index (χ4v) is 5.31. The summed E-state index contributed by atoms with van der Waals surface area (Å²) in [6.07, 6.45) is 3.13. The van der Waals surface area contributed by atoms with Crippen molar-refractivity contribution in [3.63, 3.8) is 0 Å². The van der Waals surface area contributed by atoms with Gasteiger partial charge in [0.15, 0.2) is 0 Å². The maximum Gasteiger partial charge on any atom is 0.318 e. The molecule has 3 heterocycles. The monoisotopic (exact) mass is 516 g/mol. The molecule has 2 aromatic carbocycles. The summed E-state index contributed by atoms with van der Waals surface area (Å²) in [6.45, 7) is 11.4. The van der Waals surface area contributed by atoms with Gasteiger partial charge in [0.1, 0.15) is 11.6 Å². The topological polar surface area (TPSA) is 103 Å². The predicted octanol–water partition coefficient (Wildman–Crippen LogP) is 3.01. The lowest BCUT2D eigenvalue weighted by molar-refractivity contribution is -0.116. The molecule has 2 aliphatic rings. The summed E-state index contributed by atoms with van der Waals surface area (Å²) >= 11 is 0. The molecule has 0 saturated carbocycles. The van der Waals surface area contributed by atoms with Crippen LogP contribution in [-0.4, -0.2) is 66.9 Å². The smallest absolute Gasteiger partial charge is 0.318 e. The Balaban J connectivity index is 1.45. The first-order valence-corrected chi connectivity index (χ1v) is 13.4. The van der Waals surface area contributed by atoms with Crippen LogP contribution in [0.25, 0.3) is 10.8 Å². The Morgan fingerprint density at radius 2 is 2.21 bits per heavy atom. The number of rotatable bonds is 10. The number of anilines is 2. The van der Waals surface area contributed by atoms with Gasteiger partial charge >= 0.3 is 6.01 Å². The standard InChI is InChI=1S/C29H36N6O3/c1-3-27(37)31-12-14-34(4-2)28-24-10-13-35(26-16-22(36)15-21-7-5-6-8-23(21)26)18-25(24)32-29(33-28)38-19-20-9-11-30-17-20/h3,5-8,15-16,20,30,36H,1,4,9-14,17-19H2,2H3,(H,31,37)/t20-/m1/s1. The number of nitrogens with zero attached hydrogens (tertiary/aromatic N) is 4. The van der Waals surface area contributed by atoms with E-state index in [-0.39, 0.29) is 11.7 Å². The molecule has 200 valence electrons. The van der Waals surface area contributed by atoms with E-state index in [1.54, 1.807) is 6.07 Å². The molecular weight excluding hydrogens is 480 g/mol. The summed E-state index contributed by atoms with van der Waals surface area (Å²) in [7, 11) is 0. The van der Waals surface area contributed by atoms with Crippen LogP contribution in [0, 0.1) is 5.92 Å². The van der Waals surface area contributed by atoms with Crippen LogP contribution in [0.2, 0.25) is 0 Å². The highest BCUT2D eigenvalue weighted by Crippen LogP contribution is 2.36. The van der Waals surface area contributed by atoms with Crippen LogP contribution in [0.1, 0.15) is 24.6 Å². The quantitative estimate of drug-likeness (QED) is 0.354. The Kier molecular flexibility index (Phi) is 7.93. The third kappa shape index (κ3) is 5.67. The van der Waals surface area contributed by atoms with E-state index in [1.165, 1.54) is 6.08 Å². The maximum absolute atomic E-state index is 11.7. The van der Waals surface area contributed by atoms with Crippen molar-refractivity contribution < 1.29 is 14.6 Å². The molecule has 0 bridgehead atoms. The molecule has 2 aliphatic heterocycles. The van der Waals surface area contributed by atoms with Gasteiger partial charge in [-0.25, -0.2) is 0 Å². The zero-order chi connectivity index (χ0) is 26.5. The summed E-state index contributed by atoms with van der Waals surface area (Å²) in [5.74, 6) is 1.38. The Morgan fingerprint density at radius 3 is 3.00 bits per heavy atom. The van der Waals surface area contributed by atoms with Crippen molar-refractivity contribution in [1.82, 2.24) is 20.6 Å². The number of hydrogen-bond acceptors (Lipinski definition) is 8. The van der Waals surface area contributed by atoms with E-state index >= 15 is 0 Å². The number of benzene rings is 2. The summed E-state index contributed by atoms with van der Waals surface area (Å²) in [5.41, 5.74) is 3.03. The summed E-state index contributed by atoms with van der Waals surface area (Å²) < 4.78 is 6.15. The molecular formula is C29H36N6O3. The van der Waals surface area contributed by atoms with Crippen molar-refractivity contribution in [3.8, 4) is 11.8 Å². The van der Waals surface area contributed by atoms with Gasteiger partial charge < -0.3 is 30.3 Å². The van der Waals surface area contributed by atoms with Crippen LogP contribution in [-0.2, 0) is 17.8 Å². The number of carbonyl (C=O) groups is 1. The number of phenols is 1. The van der Waals surface area contributed by atoms with E-state index in [1.807, 2.05) is 24.3 Å². The minimum Gasteiger partial charge on any atom is -0.508 e. The first-order valence-electron chi connectivity index (χ1n) is 13.4. The Morgan fingerprint density at radius 1 is 1.34 bits per heavy atom. The molecule has 5 rings (SSSR count). The van der Waals surface area contributed by atoms with Gasteiger partial charge in [0.05, 0.1) is 18.8 Å². The number of carbonyl (C=O) groups excluding carboxylic acids is 1. The molecule has 0 radical (unpaired) electrons. The largest absolute Gasteiger partial charge is 0.508 e. The van der Waals surface area contributed by atoms with Gasteiger partial charge in [-0.2, -0.15) is 9.97 Å². The molecule has 0 unspecified atom stereocenters. The highest BCUT2D eigenvalue weighted by atomic mass is 16.5. The average Bonchev–Trinajstić information content (AvgIpc) is 3.47. The molecule has 38 heavy (non-hydrogen) atoms. The summed E-state index contributed by atoms with van der Waals surface area (Å²) in [6, 6.07) is 12.1. The van der Waals surface area contributed by atoms with E-state index in [9.17, 15) is 9.90 Å². The number of aromatic hydroxyl groups is 1. The van der Waals surface area contributed by atoms with Crippen molar-refractivity contribution in [1.29, 1.82) is 0 Å². The van der Waals surface area contributed by atoms with E-state index in [0.717, 1.165) is 72.6 Å². The fraction of sp³-hybridized carbons (Fsp3) is 0.414. The minimum absolute atomic E-state index is 0.186. The number of ether oxygens (including phenoxy) is 1. The minimum atomic E-state index is -0.186. The molecule has 3 N–H and O–H groups in total. The third-order valence-corrected chi connectivity index (χ3v) is 7.35. The molecule has 0 spiro atoms. The lowest BCUT2D eigenvalue weighted by Crippen LogP contribution is -2.37. The van der Waals surface area contributed by atoms with Crippen LogP contribution >= 0.6 is 0 Å². The molecule has 9 nitrogen and oxygen atoms in total. The van der Waals surface area contributed by atoms with Crippen LogP contribution in [0.3, 0.4) is 0 Å². The fourth-order valence-electron chi connectivity index (χ4n) is 5.31. The van der Waals surface area contributed by atoms with Crippen LogP contribution in [0.5, 0.6) is 11.8 Å². The SMILES string of the molecule is C=CC(=O)NCCN(CC)c1nc(OC[C@@H]2CCNC2)nc2c1CCN(c1cc(O)cc3ccccc13)C2. The van der Waals surface area contributed by atoms with Gasteiger partial charge in [-0.1, -0.05) is 30.8 Å². The summed E-state index contributed by atoms with van der Waals surface area (Å²) in [4.78, 5) is 25.9. The van der Waals surface area contributed by atoms with Crippen LogP contribution in [0.15, 0.2) is 49.1 Å². The molecule has 1 aromatic heterocycles. The normalized spacial score (nSPS) is 16.8. The highest BCUT2D eigenvalue weighted by molar-refractivity contribution is 5.95. The van der Waals surface area contributed by atoms with E-state index in [0.29, 0.717) is 38.2 Å². The van der Waals surface area contributed by atoms with Gasteiger partial charge in [0.2, 0.25) is 5.91 Å². The lowest BCUT2D eigenvalue weighted by Gasteiger charge is -2.34. The third-order valence-electron chi connectivity index (χ3n) is 7.35. The van der Waals surface area contributed by atoms with E-state index in [2.05, 4.69) is 40.0 Å². The molecule has 1 fully saturated rings. The van der Waals surface area contributed by atoms with Gasteiger partial charge in [-0.15, -0.1) is 0 Å². The van der Waals surface area contributed by atoms with Crippen LogP contribution < -0.4 is 25.2 Å². The van der Waals surface area contributed by atoms with E-state index < -0.39 is 0 Å². The van der Waals surface area contributed by atoms with Crippen LogP contribution in [0.4, 0.5) is 11.5 Å². The number of fused-ring (bicyclic) bond motifs is 2. The van der Waals surface area contributed by atoms with Gasteiger partial charge in [-0.05, 0) is 43.8 Å². The first-order chi connectivity index (χ1) is 18.6. The predicted molar refractivity (Wildman–Crippen MR) is 150 cm³/mol. The van der Waals surface area contributed by atoms with Gasteiger partial charge in [0, 0.05) is 61.3 Å². The van der Waals surface area contributed by atoms with Crippen molar-refractivity contribution in [3.05, 3.63) is 60.3 Å². The zero-order valence-electron chi connectivity index (χ0n) is 21.9. The van der Waals surface area contributed by atoms with Crippen molar-refractivity contribution in [2.45, 2.75) is 26.3 Å². The first kappa shape index (κ1) is 25.8. The second-order valence-electron chi connectivity index (χ2n) is 9.86. The Labute approximate surface area is 223 Å². The van der Waals surface area contributed by atoms with Crippen molar-refractivity contribution >= 4 is 28.2 Å². The number of phenolic OH excluding ortho intramolecular Hbond substituents is 1. The molecule has 0 aliphatic carbocycles. The molecule has 9 heteroatoms. The molecule has 3 aromatic rings. The molecule has 1 atom stereocenters. The van der Waals surface area contributed by atoms with Crippen molar-refractivity contribution in [2.24, 2.45) is 5.92 Å². The Bertz CT molecular complexity index is 1310. The second kappa shape index (κ2) is 11.7. The highest BCUT2D eigenvalue weighted by Gasteiger charge is 2.27. The Hall–Kier alpha value is -3.85. The second-order valence-corrected chi connectivity index (χ2v) is 9.86. The number of amides is 1. The number of nitrogens with one attached hydrogen (secondary N) is 2. The van der Waals surface area contributed by atoms with Gasteiger partial charge in [0.25, 0.3) is 0 Å². The zero-order valence-corrected chi connectivity index (χ0v) is 21.9. The average molecular weight is 517 g/mol. The van der Waals surface area contributed by atoms with Crippen molar-refractivity contribution in [2.75, 3.05) is 55.7 Å². The van der Waals surface area contributed by atoms with Gasteiger partial charge in [-0.3, -0.25) is 4.79 Å². The number of likely N-dealkylation sites (N-methyl/N-ethyl adjacent to an activating group) is 1. The van der Waals surface area contributed by atoms with E-state index in [4.69, 9.17) is 14.7 Å². The molecule has 1 saturated heterocycles. The lowest BCUT2D eigenvalue weighted by atomic mass is 10.0. The number of hydrogen-bond donors (Lipinski definition) is 3.